The Morgan fingerprint density at radius 1 is 1.12 bits per heavy atom. The Bertz CT molecular complexity index is 766. The number of methoxy groups -OCH3 is 1. The first-order valence-electron chi connectivity index (χ1n) is 8.50. The molecule has 2 heterocycles. The Labute approximate surface area is 156 Å². The molecule has 1 saturated heterocycles. The van der Waals surface area contributed by atoms with Gasteiger partial charge in [0.05, 0.1) is 31.2 Å². The summed E-state index contributed by atoms with van der Waals surface area (Å²) in [5, 5.41) is 2.97. The van der Waals surface area contributed by atoms with Gasteiger partial charge in [0.2, 0.25) is 0 Å². The van der Waals surface area contributed by atoms with Crippen LogP contribution in [0, 0.1) is 0 Å². The Morgan fingerprint density at radius 2 is 1.77 bits per heavy atom. The highest BCUT2D eigenvalue weighted by molar-refractivity contribution is 7.15. The third-order valence-electron chi connectivity index (χ3n) is 4.33. The molecule has 1 N–H and O–H groups in total. The van der Waals surface area contributed by atoms with E-state index >= 15 is 0 Å². The molecule has 138 valence electrons. The van der Waals surface area contributed by atoms with Gasteiger partial charge in [-0.1, -0.05) is 12.1 Å². The van der Waals surface area contributed by atoms with Crippen molar-refractivity contribution in [1.82, 2.24) is 5.32 Å². The fourth-order valence-corrected chi connectivity index (χ4v) is 3.64. The van der Waals surface area contributed by atoms with E-state index < -0.39 is 5.97 Å². The van der Waals surface area contributed by atoms with E-state index in [1.54, 1.807) is 12.1 Å². The van der Waals surface area contributed by atoms with Crippen molar-refractivity contribution in [3.05, 3.63) is 51.7 Å². The lowest BCUT2D eigenvalue weighted by Gasteiger charge is -2.29. The van der Waals surface area contributed by atoms with Crippen molar-refractivity contribution in [2.24, 2.45) is 0 Å². The second-order valence-electron chi connectivity index (χ2n) is 6.04. The number of thiophene rings is 1. The number of ether oxygens (including phenoxy) is 2. The van der Waals surface area contributed by atoms with Crippen LogP contribution in [-0.4, -0.2) is 45.3 Å². The summed E-state index contributed by atoms with van der Waals surface area (Å²) in [4.78, 5) is 27.1. The zero-order chi connectivity index (χ0) is 18.5. The largest absolute Gasteiger partial charge is 0.465 e. The first kappa shape index (κ1) is 18.4. The molecular weight excluding hydrogens is 352 g/mol. The summed E-state index contributed by atoms with van der Waals surface area (Å²) >= 11 is 1.13. The van der Waals surface area contributed by atoms with E-state index in [1.165, 1.54) is 7.11 Å². The molecule has 1 amide bonds. The molecule has 1 aromatic heterocycles. The zero-order valence-corrected chi connectivity index (χ0v) is 15.7. The Morgan fingerprint density at radius 3 is 2.42 bits per heavy atom. The van der Waals surface area contributed by atoms with Gasteiger partial charge >= 0.3 is 5.97 Å². The van der Waals surface area contributed by atoms with Gasteiger partial charge in [-0.3, -0.25) is 4.79 Å². The van der Waals surface area contributed by atoms with Crippen LogP contribution in [0.25, 0.3) is 0 Å². The van der Waals surface area contributed by atoms with Crippen LogP contribution in [0.15, 0.2) is 36.4 Å². The third-order valence-corrected chi connectivity index (χ3v) is 5.40. The molecule has 0 bridgehead atoms. The molecular formula is C19H22N2O4S. The number of benzene rings is 1. The molecule has 2 aromatic rings. The molecule has 7 heteroatoms. The van der Waals surface area contributed by atoms with Crippen molar-refractivity contribution in [3.63, 3.8) is 0 Å². The van der Waals surface area contributed by atoms with Gasteiger partial charge in [-0.05, 0) is 36.8 Å². The minimum absolute atomic E-state index is 0.134. The number of carbonyl (C=O) groups excluding carboxylic acids is 2. The Hall–Kier alpha value is -2.38. The summed E-state index contributed by atoms with van der Waals surface area (Å²) in [5.74, 6) is -0.629. The lowest BCUT2D eigenvalue weighted by Crippen LogP contribution is -2.36. The second kappa shape index (κ2) is 8.33. The molecule has 1 aliphatic heterocycles. The molecule has 1 aromatic carbocycles. The first-order chi connectivity index (χ1) is 12.6. The van der Waals surface area contributed by atoms with E-state index in [0.717, 1.165) is 48.9 Å². The third kappa shape index (κ3) is 4.23. The van der Waals surface area contributed by atoms with Crippen LogP contribution in [-0.2, 0) is 9.47 Å². The molecule has 0 radical (unpaired) electrons. The number of nitrogens with zero attached hydrogens (tertiary/aromatic N) is 1. The minimum Gasteiger partial charge on any atom is -0.465 e. The number of nitrogens with one attached hydrogen (secondary N) is 1. The predicted molar refractivity (Wildman–Crippen MR) is 101 cm³/mol. The van der Waals surface area contributed by atoms with Crippen molar-refractivity contribution in [1.29, 1.82) is 0 Å². The highest BCUT2D eigenvalue weighted by Gasteiger charge is 2.17. The SMILES string of the molecule is COC(=O)c1ccc(C(=O)NC(C)c2ccc(N3CCOCC3)cc2)s1. The van der Waals surface area contributed by atoms with Gasteiger partial charge in [-0.15, -0.1) is 11.3 Å². The van der Waals surface area contributed by atoms with Crippen molar-refractivity contribution in [3.8, 4) is 0 Å². The zero-order valence-electron chi connectivity index (χ0n) is 14.9. The molecule has 26 heavy (non-hydrogen) atoms. The number of anilines is 1. The summed E-state index contributed by atoms with van der Waals surface area (Å²) in [6.07, 6.45) is 0. The summed E-state index contributed by atoms with van der Waals surface area (Å²) in [7, 11) is 1.32. The van der Waals surface area contributed by atoms with Crippen LogP contribution >= 0.6 is 11.3 Å². The summed E-state index contributed by atoms with van der Waals surface area (Å²) < 4.78 is 10.0. The van der Waals surface area contributed by atoms with Crippen molar-refractivity contribution >= 4 is 28.9 Å². The van der Waals surface area contributed by atoms with Crippen molar-refractivity contribution in [2.75, 3.05) is 38.3 Å². The quantitative estimate of drug-likeness (QED) is 0.815. The van der Waals surface area contributed by atoms with Crippen LogP contribution in [0.5, 0.6) is 0 Å². The van der Waals surface area contributed by atoms with Gasteiger partial charge in [-0.25, -0.2) is 4.79 Å². The number of esters is 1. The maximum Gasteiger partial charge on any atom is 0.348 e. The van der Waals surface area contributed by atoms with Gasteiger partial charge < -0.3 is 19.7 Å². The normalized spacial score (nSPS) is 15.4. The van der Waals surface area contributed by atoms with Crippen molar-refractivity contribution < 1.29 is 19.1 Å². The number of carbonyl (C=O) groups is 2. The summed E-state index contributed by atoms with van der Waals surface area (Å²) in [6, 6.07) is 11.3. The number of morpholine rings is 1. The fourth-order valence-electron chi connectivity index (χ4n) is 2.82. The molecule has 0 saturated carbocycles. The van der Waals surface area contributed by atoms with Gasteiger partial charge in [0.15, 0.2) is 0 Å². The van der Waals surface area contributed by atoms with Crippen LogP contribution in [0.1, 0.15) is 37.9 Å². The van der Waals surface area contributed by atoms with Crippen molar-refractivity contribution in [2.45, 2.75) is 13.0 Å². The lowest BCUT2D eigenvalue weighted by molar-refractivity contribution is 0.0606. The first-order valence-corrected chi connectivity index (χ1v) is 9.32. The molecule has 1 unspecified atom stereocenters. The van der Waals surface area contributed by atoms with Gasteiger partial charge in [0.1, 0.15) is 4.88 Å². The number of rotatable bonds is 5. The fraction of sp³-hybridized carbons (Fsp3) is 0.368. The van der Waals surface area contributed by atoms with Gasteiger partial charge in [0, 0.05) is 18.8 Å². The minimum atomic E-state index is -0.430. The average molecular weight is 374 g/mol. The number of hydrogen-bond acceptors (Lipinski definition) is 6. The van der Waals surface area contributed by atoms with E-state index in [-0.39, 0.29) is 11.9 Å². The highest BCUT2D eigenvalue weighted by atomic mass is 32.1. The standard InChI is InChI=1S/C19H22N2O4S/c1-13(20-18(22)16-7-8-17(26-16)19(23)24-2)14-3-5-15(6-4-14)21-9-11-25-12-10-21/h3-8,13H,9-12H2,1-2H3,(H,20,22). The predicted octanol–water partition coefficient (Wildman–Crippen LogP) is 2.86. The highest BCUT2D eigenvalue weighted by Crippen LogP contribution is 2.22. The van der Waals surface area contributed by atoms with E-state index in [4.69, 9.17) is 4.74 Å². The molecule has 6 nitrogen and oxygen atoms in total. The van der Waals surface area contributed by atoms with E-state index in [1.807, 2.05) is 19.1 Å². The lowest BCUT2D eigenvalue weighted by atomic mass is 10.1. The van der Waals surface area contributed by atoms with Crippen LogP contribution < -0.4 is 10.2 Å². The number of hydrogen-bond donors (Lipinski definition) is 1. The summed E-state index contributed by atoms with van der Waals surface area (Å²) in [6.45, 7) is 5.24. The van der Waals surface area contributed by atoms with E-state index in [2.05, 4.69) is 27.1 Å². The van der Waals surface area contributed by atoms with Crippen LogP contribution in [0.4, 0.5) is 5.69 Å². The molecule has 0 aliphatic carbocycles. The molecule has 1 atom stereocenters. The molecule has 1 fully saturated rings. The van der Waals surface area contributed by atoms with E-state index in [0.29, 0.717) is 9.75 Å². The Kier molecular flexibility index (Phi) is 5.90. The summed E-state index contributed by atoms with van der Waals surface area (Å²) in [5.41, 5.74) is 2.19. The topological polar surface area (TPSA) is 67.9 Å². The smallest absolute Gasteiger partial charge is 0.348 e. The van der Waals surface area contributed by atoms with Gasteiger partial charge in [0.25, 0.3) is 5.91 Å². The average Bonchev–Trinajstić information content (AvgIpc) is 3.18. The monoisotopic (exact) mass is 374 g/mol. The second-order valence-corrected chi connectivity index (χ2v) is 7.13. The maximum absolute atomic E-state index is 12.4. The van der Waals surface area contributed by atoms with E-state index in [9.17, 15) is 9.59 Å². The van der Waals surface area contributed by atoms with Gasteiger partial charge in [-0.2, -0.15) is 0 Å². The molecule has 3 rings (SSSR count). The number of amides is 1. The molecule has 0 spiro atoms. The molecule has 1 aliphatic rings. The maximum atomic E-state index is 12.4. The van der Waals surface area contributed by atoms with Crippen LogP contribution in [0.3, 0.4) is 0 Å². The Balaban J connectivity index is 1.61. The van der Waals surface area contributed by atoms with Crippen LogP contribution in [0.2, 0.25) is 0 Å².